The predicted molar refractivity (Wildman–Crippen MR) is 112 cm³/mol. The first-order chi connectivity index (χ1) is 13.1. The molecule has 0 bridgehead atoms. The number of amides is 1. The lowest BCUT2D eigenvalue weighted by Gasteiger charge is -2.47. The second kappa shape index (κ2) is 7.89. The molecule has 0 N–H and O–H groups in total. The minimum Gasteiger partial charge on any atom is -0.444 e. The van der Waals surface area contributed by atoms with Gasteiger partial charge in [-0.1, -0.05) is 15.9 Å². The number of nitro benzene ring substituents is 1. The van der Waals surface area contributed by atoms with Crippen molar-refractivity contribution in [1.29, 1.82) is 0 Å². The van der Waals surface area contributed by atoms with Gasteiger partial charge in [0, 0.05) is 36.7 Å². The van der Waals surface area contributed by atoms with Crippen LogP contribution in [0.15, 0.2) is 22.7 Å². The number of hydrogen-bond donors (Lipinski definition) is 0. The number of piperidine rings is 2. The maximum atomic E-state index is 12.3. The Labute approximate surface area is 174 Å². The first kappa shape index (κ1) is 20.9. The smallest absolute Gasteiger partial charge is 0.410 e. The highest BCUT2D eigenvalue weighted by molar-refractivity contribution is 9.10. The van der Waals surface area contributed by atoms with Gasteiger partial charge < -0.3 is 14.5 Å². The second-order valence-electron chi connectivity index (χ2n) is 8.84. The average molecular weight is 454 g/mol. The van der Waals surface area contributed by atoms with Crippen LogP contribution < -0.4 is 4.90 Å². The van der Waals surface area contributed by atoms with Crippen molar-refractivity contribution in [3.05, 3.63) is 32.8 Å². The quantitative estimate of drug-likeness (QED) is 0.466. The van der Waals surface area contributed by atoms with E-state index in [0.717, 1.165) is 38.8 Å². The van der Waals surface area contributed by atoms with E-state index in [0.29, 0.717) is 23.2 Å². The predicted octanol–water partition coefficient (Wildman–Crippen LogP) is 4.97. The van der Waals surface area contributed by atoms with Crippen molar-refractivity contribution in [1.82, 2.24) is 4.90 Å². The summed E-state index contributed by atoms with van der Waals surface area (Å²) in [6.07, 6.45) is 3.67. The lowest BCUT2D eigenvalue weighted by atomic mass is 9.71. The van der Waals surface area contributed by atoms with E-state index in [4.69, 9.17) is 4.74 Å². The van der Waals surface area contributed by atoms with Crippen molar-refractivity contribution in [2.45, 2.75) is 52.1 Å². The molecule has 0 atom stereocenters. The van der Waals surface area contributed by atoms with E-state index in [9.17, 15) is 14.9 Å². The summed E-state index contributed by atoms with van der Waals surface area (Å²) in [5.74, 6) is 0. The van der Waals surface area contributed by atoms with E-state index in [1.54, 1.807) is 6.07 Å². The molecule has 1 spiro atoms. The third kappa shape index (κ3) is 4.77. The summed E-state index contributed by atoms with van der Waals surface area (Å²) < 4.78 is 6.20. The Bertz CT molecular complexity index is 744. The molecule has 0 aromatic heterocycles. The Morgan fingerprint density at radius 1 is 1.14 bits per heavy atom. The number of ether oxygens (including phenoxy) is 1. The van der Waals surface area contributed by atoms with Crippen LogP contribution >= 0.6 is 15.9 Å². The Hall–Kier alpha value is -1.83. The van der Waals surface area contributed by atoms with Crippen LogP contribution in [0.25, 0.3) is 0 Å². The zero-order valence-electron chi connectivity index (χ0n) is 16.7. The molecule has 2 heterocycles. The van der Waals surface area contributed by atoms with E-state index in [2.05, 4.69) is 20.8 Å². The minimum atomic E-state index is -0.475. The molecule has 0 saturated carbocycles. The number of benzene rings is 1. The second-order valence-corrected chi connectivity index (χ2v) is 9.76. The number of rotatable bonds is 2. The molecule has 8 heteroatoms. The van der Waals surface area contributed by atoms with Gasteiger partial charge in [-0.2, -0.15) is 0 Å². The van der Waals surface area contributed by atoms with Gasteiger partial charge in [0.05, 0.1) is 4.92 Å². The third-order valence-corrected chi connectivity index (χ3v) is 6.27. The Balaban J connectivity index is 1.59. The highest BCUT2D eigenvalue weighted by Crippen LogP contribution is 2.43. The molecule has 2 fully saturated rings. The van der Waals surface area contributed by atoms with E-state index in [1.165, 1.54) is 0 Å². The van der Waals surface area contributed by atoms with Crippen molar-refractivity contribution < 1.29 is 14.5 Å². The number of halogens is 1. The van der Waals surface area contributed by atoms with Crippen LogP contribution in [-0.4, -0.2) is 47.7 Å². The number of likely N-dealkylation sites (tertiary alicyclic amines) is 1. The van der Waals surface area contributed by atoms with Crippen molar-refractivity contribution in [3.8, 4) is 0 Å². The zero-order valence-corrected chi connectivity index (χ0v) is 18.3. The van der Waals surface area contributed by atoms with Gasteiger partial charge in [0.25, 0.3) is 5.69 Å². The van der Waals surface area contributed by atoms with Gasteiger partial charge in [-0.05, 0) is 64.0 Å². The summed E-state index contributed by atoms with van der Waals surface area (Å²) in [4.78, 5) is 27.3. The maximum absolute atomic E-state index is 12.3. The van der Waals surface area contributed by atoms with Gasteiger partial charge in [-0.15, -0.1) is 0 Å². The van der Waals surface area contributed by atoms with E-state index < -0.39 is 5.60 Å². The lowest BCUT2D eigenvalue weighted by Crippen LogP contribution is -2.49. The molecule has 2 aliphatic rings. The van der Waals surface area contributed by atoms with Gasteiger partial charge >= 0.3 is 6.09 Å². The van der Waals surface area contributed by atoms with Crippen LogP contribution in [-0.2, 0) is 4.74 Å². The molecule has 1 amide bonds. The molecule has 1 aromatic rings. The molecule has 0 aliphatic carbocycles. The molecule has 0 radical (unpaired) electrons. The van der Waals surface area contributed by atoms with E-state index in [-0.39, 0.29) is 22.1 Å². The van der Waals surface area contributed by atoms with Crippen molar-refractivity contribution in [3.63, 3.8) is 0 Å². The highest BCUT2D eigenvalue weighted by Gasteiger charge is 2.40. The Morgan fingerprint density at radius 3 is 2.25 bits per heavy atom. The molecule has 2 aliphatic heterocycles. The minimum absolute atomic E-state index is 0.144. The number of nitro groups is 1. The van der Waals surface area contributed by atoms with E-state index in [1.807, 2.05) is 37.8 Å². The molecule has 0 unspecified atom stereocenters. The van der Waals surface area contributed by atoms with Crippen LogP contribution in [0.2, 0.25) is 0 Å². The first-order valence-electron chi connectivity index (χ1n) is 9.75. The SMILES string of the molecule is CC(C)(C)OC(=O)N1CCC2(CC1)CCN(c1ccc(Br)cc1[N+](=O)[O-])CC2. The van der Waals surface area contributed by atoms with Gasteiger partial charge in [-0.25, -0.2) is 4.79 Å². The fourth-order valence-corrected chi connectivity index (χ4v) is 4.47. The van der Waals surface area contributed by atoms with Crippen molar-refractivity contribution in [2.24, 2.45) is 5.41 Å². The summed E-state index contributed by atoms with van der Waals surface area (Å²) >= 11 is 3.32. The average Bonchev–Trinajstić information content (AvgIpc) is 2.62. The number of carbonyl (C=O) groups is 1. The largest absolute Gasteiger partial charge is 0.444 e. The monoisotopic (exact) mass is 453 g/mol. The summed E-state index contributed by atoms with van der Waals surface area (Å²) in [5.41, 5.74) is 0.579. The van der Waals surface area contributed by atoms with Crippen LogP contribution in [0.1, 0.15) is 46.5 Å². The summed E-state index contributed by atoms with van der Waals surface area (Å²) in [6, 6.07) is 5.25. The Kier molecular flexibility index (Phi) is 5.89. The van der Waals surface area contributed by atoms with Gasteiger partial charge in [0.1, 0.15) is 11.3 Å². The molecule has 7 nitrogen and oxygen atoms in total. The zero-order chi connectivity index (χ0) is 20.5. The van der Waals surface area contributed by atoms with E-state index >= 15 is 0 Å². The standard InChI is InChI=1S/C20H28BrN3O4/c1-19(2,3)28-18(25)23-12-8-20(9-13-23)6-10-22(11-7-20)16-5-4-15(21)14-17(16)24(26)27/h4-5,14H,6-13H2,1-3H3. The normalized spacial score (nSPS) is 19.6. The fraction of sp³-hybridized carbons (Fsp3) is 0.650. The molecule has 154 valence electrons. The van der Waals surface area contributed by atoms with Gasteiger partial charge in [-0.3, -0.25) is 10.1 Å². The van der Waals surface area contributed by atoms with Gasteiger partial charge in [0.15, 0.2) is 0 Å². The topological polar surface area (TPSA) is 75.9 Å². The van der Waals surface area contributed by atoms with Crippen molar-refractivity contribution in [2.75, 3.05) is 31.1 Å². The summed E-state index contributed by atoms with van der Waals surface area (Å²) in [7, 11) is 0. The van der Waals surface area contributed by atoms with Crippen molar-refractivity contribution >= 4 is 33.4 Å². The number of hydrogen-bond acceptors (Lipinski definition) is 5. The summed E-state index contributed by atoms with van der Waals surface area (Å²) in [5, 5.41) is 11.4. The highest BCUT2D eigenvalue weighted by atomic mass is 79.9. The third-order valence-electron chi connectivity index (χ3n) is 5.77. The molecular formula is C20H28BrN3O4. The van der Waals surface area contributed by atoms with Crippen LogP contribution in [0.4, 0.5) is 16.2 Å². The lowest BCUT2D eigenvalue weighted by molar-refractivity contribution is -0.384. The molecule has 28 heavy (non-hydrogen) atoms. The number of carbonyl (C=O) groups excluding carboxylic acids is 1. The van der Waals surface area contributed by atoms with Gasteiger partial charge in [0.2, 0.25) is 0 Å². The number of nitrogens with zero attached hydrogens (tertiary/aromatic N) is 3. The molecule has 3 rings (SSSR count). The molecule has 2 saturated heterocycles. The van der Waals surface area contributed by atoms with Crippen LogP contribution in [0.3, 0.4) is 0 Å². The first-order valence-corrected chi connectivity index (χ1v) is 10.5. The Morgan fingerprint density at radius 2 is 1.71 bits per heavy atom. The molecular weight excluding hydrogens is 426 g/mol. The van der Waals surface area contributed by atoms with Crippen LogP contribution in [0.5, 0.6) is 0 Å². The fourth-order valence-electron chi connectivity index (χ4n) is 4.12. The van der Waals surface area contributed by atoms with Crippen LogP contribution in [0, 0.1) is 15.5 Å². The summed E-state index contributed by atoms with van der Waals surface area (Å²) in [6.45, 7) is 8.68. The maximum Gasteiger partial charge on any atom is 0.410 e. The molecule has 1 aromatic carbocycles. The number of anilines is 1.